The molecule has 17 nitrogen and oxygen atoms in total. The first-order chi connectivity index (χ1) is 32.4. The summed E-state index contributed by atoms with van der Waals surface area (Å²) in [7, 11) is 0.960. The standard InChI is InChI=1S/C49H60N11O6P/c1-6-32-28-38(53-49-50-30-35(39-16-19-51-56(39)2)46(55-49)52-37-11-7-8-13-44(37)67(4,5)64)43(65-3)29-41(32)59-20-17-33(18-21-59)58-24-22-57(23-25-58)26-27-66-42-12-9-10-34-36(42)31-60(48(34)63)40-14-15-45(61)54-47(40)62/h7-13,16,19,28-30,33,40H,6,14-15,17-18,20-27,31H2,1-5H3,(H,54,61,62)(H2,50,52,53,55). The number of hydrogen-bond donors (Lipinski definition) is 3. The highest BCUT2D eigenvalue weighted by atomic mass is 31.2. The number of aromatic nitrogens is 4. The van der Waals surface area contributed by atoms with E-state index in [4.69, 9.17) is 19.4 Å². The predicted molar refractivity (Wildman–Crippen MR) is 260 cm³/mol. The lowest BCUT2D eigenvalue weighted by Gasteiger charge is -2.43. The van der Waals surface area contributed by atoms with E-state index in [1.54, 1.807) is 48.5 Å². The van der Waals surface area contributed by atoms with Gasteiger partial charge in [0, 0.05) is 106 Å². The molecule has 352 valence electrons. The van der Waals surface area contributed by atoms with Crippen LogP contribution in [0.2, 0.25) is 0 Å². The number of nitrogens with one attached hydrogen (secondary N) is 3. The lowest BCUT2D eigenvalue weighted by molar-refractivity contribution is -0.136. The summed E-state index contributed by atoms with van der Waals surface area (Å²) in [5.74, 6) is 1.41. The summed E-state index contributed by atoms with van der Waals surface area (Å²) in [6.07, 6.45) is 7.05. The van der Waals surface area contributed by atoms with E-state index < -0.39 is 19.1 Å². The maximum absolute atomic E-state index is 13.3. The van der Waals surface area contributed by atoms with E-state index in [-0.39, 0.29) is 18.2 Å². The van der Waals surface area contributed by atoms with Gasteiger partial charge in [0.25, 0.3) is 5.91 Å². The van der Waals surface area contributed by atoms with Crippen molar-refractivity contribution in [2.24, 2.45) is 7.05 Å². The number of imide groups is 1. The summed E-state index contributed by atoms with van der Waals surface area (Å²) in [5, 5.41) is 14.4. The molecular weight excluding hydrogens is 870 g/mol. The van der Waals surface area contributed by atoms with E-state index in [1.165, 1.54) is 11.3 Å². The van der Waals surface area contributed by atoms with E-state index in [1.807, 2.05) is 49.5 Å². The lowest BCUT2D eigenvalue weighted by atomic mass is 9.99. The molecule has 0 saturated carbocycles. The van der Waals surface area contributed by atoms with Gasteiger partial charge in [-0.25, -0.2) is 4.98 Å². The number of carbonyl (C=O) groups excluding carboxylic acids is 3. The fourth-order valence-corrected chi connectivity index (χ4v) is 11.1. The van der Waals surface area contributed by atoms with Gasteiger partial charge in [0.1, 0.15) is 37.1 Å². The van der Waals surface area contributed by atoms with Gasteiger partial charge in [-0.05, 0) is 81.0 Å². The first-order valence-electron chi connectivity index (χ1n) is 23.2. The number of rotatable bonds is 15. The van der Waals surface area contributed by atoms with Crippen molar-refractivity contribution in [3.63, 3.8) is 0 Å². The SMILES string of the molecule is CCc1cc(Nc2ncc(-c3ccnn3C)c(Nc3ccccc3P(C)(C)=O)n2)c(OC)cc1N1CCC(N2CCN(CCOc3cccc4c3CN(C3CCC(=O)NC3=O)C4=O)CC2)CC1. The minimum absolute atomic E-state index is 0.196. The van der Waals surface area contributed by atoms with Crippen LogP contribution in [0.4, 0.5) is 28.8 Å². The molecule has 18 heteroatoms. The van der Waals surface area contributed by atoms with Gasteiger partial charge < -0.3 is 34.5 Å². The molecule has 67 heavy (non-hydrogen) atoms. The number of piperidine rings is 2. The van der Waals surface area contributed by atoms with Gasteiger partial charge in [0.15, 0.2) is 0 Å². The van der Waals surface area contributed by atoms with Crippen molar-refractivity contribution < 1.29 is 28.4 Å². The van der Waals surface area contributed by atoms with Gasteiger partial charge in [-0.15, -0.1) is 0 Å². The molecule has 0 bridgehead atoms. The summed E-state index contributed by atoms with van der Waals surface area (Å²) in [6.45, 7) is 13.1. The van der Waals surface area contributed by atoms with Crippen LogP contribution in [0.25, 0.3) is 11.3 Å². The molecule has 3 N–H and O–H groups in total. The zero-order chi connectivity index (χ0) is 46.8. The zero-order valence-electron chi connectivity index (χ0n) is 39.0. The highest BCUT2D eigenvalue weighted by Gasteiger charge is 2.40. The molecule has 1 atom stereocenters. The molecular formula is C49H60N11O6P. The summed E-state index contributed by atoms with van der Waals surface area (Å²) in [6, 6.07) is 19.2. The molecule has 5 aromatic rings. The van der Waals surface area contributed by atoms with E-state index in [2.05, 4.69) is 54.8 Å². The van der Waals surface area contributed by atoms with Crippen LogP contribution in [-0.2, 0) is 34.2 Å². The van der Waals surface area contributed by atoms with E-state index in [0.717, 1.165) is 98.6 Å². The van der Waals surface area contributed by atoms with E-state index in [9.17, 15) is 18.9 Å². The average molecular weight is 930 g/mol. The number of amides is 3. The number of fused-ring (bicyclic) bond motifs is 1. The Morgan fingerprint density at radius 1 is 0.881 bits per heavy atom. The number of anilines is 5. The fourth-order valence-electron chi connectivity index (χ4n) is 9.92. The second-order valence-electron chi connectivity index (χ2n) is 18.1. The smallest absolute Gasteiger partial charge is 0.255 e. The van der Waals surface area contributed by atoms with Crippen molar-refractivity contribution in [1.82, 2.24) is 39.8 Å². The third kappa shape index (κ3) is 9.76. The minimum atomic E-state index is -2.60. The second kappa shape index (κ2) is 19.5. The number of nitrogens with zero attached hydrogens (tertiary/aromatic N) is 8. The van der Waals surface area contributed by atoms with Crippen molar-refractivity contribution in [1.29, 1.82) is 0 Å². The van der Waals surface area contributed by atoms with Crippen LogP contribution in [0.1, 0.15) is 54.1 Å². The van der Waals surface area contributed by atoms with Crippen LogP contribution in [-0.4, -0.2) is 137 Å². The van der Waals surface area contributed by atoms with Gasteiger partial charge in [-0.3, -0.25) is 34.2 Å². The van der Waals surface area contributed by atoms with Crippen LogP contribution < -0.4 is 35.6 Å². The van der Waals surface area contributed by atoms with Gasteiger partial charge in [0.2, 0.25) is 17.8 Å². The minimum Gasteiger partial charge on any atom is -0.494 e. The largest absolute Gasteiger partial charge is 0.494 e. The number of benzene rings is 3. The molecule has 1 unspecified atom stereocenters. The van der Waals surface area contributed by atoms with E-state index in [0.29, 0.717) is 54.4 Å². The average Bonchev–Trinajstić information content (AvgIpc) is 3.91. The molecule has 4 aliphatic heterocycles. The molecule has 0 spiro atoms. The Hall–Kier alpha value is -6.29. The van der Waals surface area contributed by atoms with Crippen molar-refractivity contribution in [3.05, 3.63) is 89.7 Å². The Balaban J connectivity index is 0.798. The Labute approximate surface area is 391 Å². The van der Waals surface area contributed by atoms with Crippen LogP contribution in [0.15, 0.2) is 73.1 Å². The fraction of sp³-hybridized carbons (Fsp3) is 0.429. The zero-order valence-corrected chi connectivity index (χ0v) is 39.9. The Morgan fingerprint density at radius 2 is 1.67 bits per heavy atom. The second-order valence-corrected chi connectivity index (χ2v) is 21.3. The molecule has 4 aliphatic rings. The van der Waals surface area contributed by atoms with Crippen LogP contribution in [0, 0.1) is 0 Å². The van der Waals surface area contributed by atoms with Crippen LogP contribution >= 0.6 is 7.14 Å². The Morgan fingerprint density at radius 3 is 2.39 bits per heavy atom. The van der Waals surface area contributed by atoms with Crippen molar-refractivity contribution in [2.45, 2.75) is 57.7 Å². The summed E-state index contributed by atoms with van der Waals surface area (Å²) in [5.41, 5.74) is 6.83. The molecule has 3 amide bonds. The molecule has 2 aromatic heterocycles. The van der Waals surface area contributed by atoms with Crippen molar-refractivity contribution in [2.75, 3.05) is 88.4 Å². The number of piperazine rings is 1. The number of methoxy groups -OCH3 is 1. The van der Waals surface area contributed by atoms with Gasteiger partial charge in [-0.1, -0.05) is 25.1 Å². The van der Waals surface area contributed by atoms with Crippen LogP contribution in [0.5, 0.6) is 11.5 Å². The third-order valence-corrected chi connectivity index (χ3v) is 15.1. The monoisotopic (exact) mass is 929 g/mol. The first-order valence-corrected chi connectivity index (χ1v) is 25.8. The predicted octanol–water partition coefficient (Wildman–Crippen LogP) is 5.61. The molecule has 3 saturated heterocycles. The highest BCUT2D eigenvalue weighted by molar-refractivity contribution is 7.70. The normalized spacial score (nSPS) is 18.5. The van der Waals surface area contributed by atoms with Gasteiger partial charge >= 0.3 is 0 Å². The number of para-hydroxylation sites is 1. The number of ether oxygens (including phenoxy) is 2. The molecule has 0 radical (unpaired) electrons. The van der Waals surface area contributed by atoms with Gasteiger partial charge in [-0.2, -0.15) is 10.1 Å². The molecule has 6 heterocycles. The number of carbonyl (C=O) groups is 3. The summed E-state index contributed by atoms with van der Waals surface area (Å²) < 4.78 is 27.3. The molecule has 3 fully saturated rings. The quantitative estimate of drug-likeness (QED) is 0.0872. The molecule has 0 aliphatic carbocycles. The van der Waals surface area contributed by atoms with E-state index >= 15 is 0 Å². The van der Waals surface area contributed by atoms with Crippen molar-refractivity contribution in [3.8, 4) is 22.8 Å². The maximum Gasteiger partial charge on any atom is 0.255 e. The molecule has 3 aromatic carbocycles. The highest BCUT2D eigenvalue weighted by Crippen LogP contribution is 2.41. The van der Waals surface area contributed by atoms with Crippen LogP contribution in [0.3, 0.4) is 0 Å². The van der Waals surface area contributed by atoms with Gasteiger partial charge in [0.05, 0.1) is 36.3 Å². The summed E-state index contributed by atoms with van der Waals surface area (Å²) in [4.78, 5) is 56.3. The Kier molecular flexibility index (Phi) is 13.4. The number of aryl methyl sites for hydroxylation is 2. The maximum atomic E-state index is 13.3. The number of hydrogen-bond acceptors (Lipinski definition) is 14. The summed E-state index contributed by atoms with van der Waals surface area (Å²) >= 11 is 0. The topological polar surface area (TPSA) is 179 Å². The first kappa shape index (κ1) is 45.8. The third-order valence-electron chi connectivity index (χ3n) is 13.6. The molecule has 9 rings (SSSR count). The van der Waals surface area contributed by atoms with Crippen molar-refractivity contribution >= 4 is 59.0 Å². The lowest BCUT2D eigenvalue weighted by Crippen LogP contribution is -2.53. The Bertz CT molecular complexity index is 2710.